The van der Waals surface area contributed by atoms with Gasteiger partial charge in [0.15, 0.2) is 0 Å². The fraction of sp³-hybridized carbons (Fsp3) is 0.480. The highest BCUT2D eigenvalue weighted by Gasteiger charge is 2.42. The zero-order chi connectivity index (χ0) is 23.2. The Morgan fingerprint density at radius 3 is 2.30 bits per heavy atom. The van der Waals surface area contributed by atoms with E-state index in [9.17, 15) is 18.0 Å². The number of nitrogens with zero attached hydrogens (tertiary/aromatic N) is 3. The monoisotopic (exact) mass is 459 g/mol. The standard InChI is InChI=1S/C25H28F3N3O2/c26-25(27,28)20-4-1-17(2-5-20)18-3-6-21-19-7-8-31(23(16-19)22(21)15-18)24(33)30-11-9-29(10-12-30)13-14-32/h1-6,15,19,23,32H,7-14,16H2/t19-,23?/m1/s1. The number of alkyl halides is 3. The summed E-state index contributed by atoms with van der Waals surface area (Å²) in [5, 5.41) is 9.14. The number of fused-ring (bicyclic) bond motifs is 5. The number of aliphatic hydroxyl groups excluding tert-OH is 1. The highest BCUT2D eigenvalue weighted by Crippen LogP contribution is 2.50. The van der Waals surface area contributed by atoms with Gasteiger partial charge in [0, 0.05) is 39.3 Å². The maximum atomic E-state index is 13.4. The summed E-state index contributed by atoms with van der Waals surface area (Å²) in [6, 6.07) is 11.5. The third-order valence-corrected chi connectivity index (χ3v) is 7.34. The largest absolute Gasteiger partial charge is 0.416 e. The summed E-state index contributed by atoms with van der Waals surface area (Å²) in [4.78, 5) is 19.4. The normalized spacial score (nSPS) is 23.0. The van der Waals surface area contributed by atoms with Gasteiger partial charge in [0.05, 0.1) is 18.2 Å². The number of likely N-dealkylation sites (tertiary alicyclic amines) is 1. The van der Waals surface area contributed by atoms with E-state index in [1.165, 1.54) is 17.7 Å². The highest BCUT2D eigenvalue weighted by atomic mass is 19.4. The quantitative estimate of drug-likeness (QED) is 0.743. The zero-order valence-corrected chi connectivity index (χ0v) is 18.4. The predicted octanol–water partition coefficient (Wildman–Crippen LogP) is 4.34. The molecule has 0 saturated carbocycles. The van der Waals surface area contributed by atoms with Crippen LogP contribution in [0.3, 0.4) is 0 Å². The first-order chi connectivity index (χ1) is 15.8. The van der Waals surface area contributed by atoms with Crippen LogP contribution >= 0.6 is 0 Å². The van der Waals surface area contributed by atoms with E-state index in [0.717, 1.165) is 61.3 Å². The summed E-state index contributed by atoms with van der Waals surface area (Å²) in [5.74, 6) is 0.428. The number of β-amino-alcohol motifs (C(OH)–C–C–N with tert-alkyl or cyclic N) is 1. The van der Waals surface area contributed by atoms with Crippen molar-refractivity contribution in [2.45, 2.75) is 31.0 Å². The van der Waals surface area contributed by atoms with E-state index in [4.69, 9.17) is 5.11 Å². The molecule has 2 amide bonds. The first-order valence-electron chi connectivity index (χ1n) is 11.6. The lowest BCUT2D eigenvalue weighted by atomic mass is 9.94. The minimum Gasteiger partial charge on any atom is -0.395 e. The average molecular weight is 460 g/mol. The fourth-order valence-electron chi connectivity index (χ4n) is 5.52. The third kappa shape index (κ3) is 4.22. The van der Waals surface area contributed by atoms with Crippen molar-refractivity contribution < 1.29 is 23.1 Å². The number of benzene rings is 2. The summed E-state index contributed by atoms with van der Waals surface area (Å²) >= 11 is 0. The summed E-state index contributed by atoms with van der Waals surface area (Å²) in [7, 11) is 0. The van der Waals surface area contributed by atoms with Crippen molar-refractivity contribution in [2.24, 2.45) is 0 Å². The van der Waals surface area contributed by atoms with E-state index in [0.29, 0.717) is 25.6 Å². The van der Waals surface area contributed by atoms with Gasteiger partial charge in [0.25, 0.3) is 0 Å². The van der Waals surface area contributed by atoms with Crippen molar-refractivity contribution in [3.8, 4) is 11.1 Å². The van der Waals surface area contributed by atoms with Gasteiger partial charge in [-0.25, -0.2) is 4.79 Å². The third-order valence-electron chi connectivity index (χ3n) is 7.34. The van der Waals surface area contributed by atoms with Gasteiger partial charge >= 0.3 is 12.2 Å². The number of amides is 2. The number of piperidine rings is 1. The van der Waals surface area contributed by atoms with Gasteiger partial charge in [-0.1, -0.05) is 24.3 Å². The van der Waals surface area contributed by atoms with Crippen molar-refractivity contribution in [1.29, 1.82) is 0 Å². The van der Waals surface area contributed by atoms with E-state index < -0.39 is 11.7 Å². The molecule has 2 aromatic rings. The molecule has 176 valence electrons. The van der Waals surface area contributed by atoms with Crippen molar-refractivity contribution in [3.05, 3.63) is 59.2 Å². The summed E-state index contributed by atoms with van der Waals surface area (Å²) < 4.78 is 38.8. The van der Waals surface area contributed by atoms with Crippen LogP contribution in [0, 0.1) is 0 Å². The van der Waals surface area contributed by atoms with Crippen LogP contribution in [0.25, 0.3) is 11.1 Å². The Kier molecular flexibility index (Phi) is 5.82. The van der Waals surface area contributed by atoms with Gasteiger partial charge < -0.3 is 14.9 Å². The fourth-order valence-corrected chi connectivity index (χ4v) is 5.52. The molecule has 2 bridgehead atoms. The lowest BCUT2D eigenvalue weighted by Gasteiger charge is -2.41. The number of hydrogen-bond acceptors (Lipinski definition) is 3. The highest BCUT2D eigenvalue weighted by molar-refractivity contribution is 5.76. The first-order valence-corrected chi connectivity index (χ1v) is 11.6. The molecule has 2 aliphatic heterocycles. The van der Waals surface area contributed by atoms with Gasteiger partial charge in [-0.2, -0.15) is 13.2 Å². The van der Waals surface area contributed by atoms with Crippen molar-refractivity contribution in [2.75, 3.05) is 45.9 Å². The van der Waals surface area contributed by atoms with Gasteiger partial charge in [-0.05, 0) is 59.2 Å². The Balaban J connectivity index is 1.36. The Labute approximate surface area is 191 Å². The van der Waals surface area contributed by atoms with Crippen LogP contribution in [-0.2, 0) is 6.18 Å². The minimum absolute atomic E-state index is 0.0103. The van der Waals surface area contributed by atoms with Crippen LogP contribution in [0.15, 0.2) is 42.5 Å². The number of rotatable bonds is 3. The van der Waals surface area contributed by atoms with E-state index in [1.807, 2.05) is 15.9 Å². The smallest absolute Gasteiger partial charge is 0.395 e. The van der Waals surface area contributed by atoms with Crippen LogP contribution in [0.5, 0.6) is 0 Å². The molecule has 2 aromatic carbocycles. The summed E-state index contributed by atoms with van der Waals surface area (Å²) in [6.07, 6.45) is -2.51. The van der Waals surface area contributed by atoms with Crippen LogP contribution in [0.1, 0.15) is 41.5 Å². The molecule has 3 aliphatic rings. The second-order valence-electron chi connectivity index (χ2n) is 9.18. The number of halogens is 3. The van der Waals surface area contributed by atoms with Crippen LogP contribution in [0.2, 0.25) is 0 Å². The molecule has 1 N–H and O–H groups in total. The molecule has 1 aliphatic carbocycles. The van der Waals surface area contributed by atoms with Crippen molar-refractivity contribution in [1.82, 2.24) is 14.7 Å². The topological polar surface area (TPSA) is 47.0 Å². The Morgan fingerprint density at radius 2 is 1.64 bits per heavy atom. The molecule has 2 atom stereocenters. The lowest BCUT2D eigenvalue weighted by Crippen LogP contribution is -2.54. The van der Waals surface area contributed by atoms with Crippen LogP contribution in [-0.4, -0.2) is 71.7 Å². The molecule has 0 aromatic heterocycles. The summed E-state index contributed by atoms with van der Waals surface area (Å²) in [5.41, 5.74) is 3.35. The molecular formula is C25H28F3N3O2. The molecule has 2 saturated heterocycles. The number of carbonyl (C=O) groups is 1. The maximum Gasteiger partial charge on any atom is 0.416 e. The van der Waals surface area contributed by atoms with Crippen molar-refractivity contribution in [3.63, 3.8) is 0 Å². The number of aliphatic hydroxyl groups is 1. The van der Waals surface area contributed by atoms with E-state index in [-0.39, 0.29) is 18.7 Å². The number of piperazine rings is 1. The first kappa shape index (κ1) is 22.2. The molecular weight excluding hydrogens is 431 g/mol. The molecule has 0 spiro atoms. The second-order valence-corrected chi connectivity index (χ2v) is 9.18. The maximum absolute atomic E-state index is 13.4. The Hall–Kier alpha value is -2.58. The van der Waals surface area contributed by atoms with Gasteiger partial charge in [0.2, 0.25) is 0 Å². The molecule has 2 fully saturated rings. The van der Waals surface area contributed by atoms with E-state index in [2.05, 4.69) is 17.0 Å². The van der Waals surface area contributed by atoms with Gasteiger partial charge in [0.1, 0.15) is 0 Å². The number of hydrogen-bond donors (Lipinski definition) is 1. The minimum atomic E-state index is -4.35. The predicted molar refractivity (Wildman–Crippen MR) is 119 cm³/mol. The Bertz CT molecular complexity index is 1020. The molecule has 0 radical (unpaired) electrons. The molecule has 1 unspecified atom stereocenters. The van der Waals surface area contributed by atoms with Gasteiger partial charge in [-0.15, -0.1) is 0 Å². The number of carbonyl (C=O) groups excluding carboxylic acids is 1. The van der Waals surface area contributed by atoms with Crippen molar-refractivity contribution >= 4 is 6.03 Å². The zero-order valence-electron chi connectivity index (χ0n) is 18.4. The van der Waals surface area contributed by atoms with Gasteiger partial charge in [-0.3, -0.25) is 4.90 Å². The summed E-state index contributed by atoms with van der Waals surface area (Å²) in [6.45, 7) is 4.32. The molecule has 33 heavy (non-hydrogen) atoms. The van der Waals surface area contributed by atoms with E-state index in [1.54, 1.807) is 0 Å². The second kappa shape index (κ2) is 8.65. The van der Waals surface area contributed by atoms with Crippen LogP contribution < -0.4 is 0 Å². The lowest BCUT2D eigenvalue weighted by molar-refractivity contribution is -0.137. The molecule has 5 rings (SSSR count). The SMILES string of the molecule is O=C(N1CCN(CCO)CC1)N1CC[C@@H]2CC1c1cc(-c3ccc(C(F)(F)F)cc3)ccc12. The molecule has 2 heterocycles. The Morgan fingerprint density at radius 1 is 0.939 bits per heavy atom. The molecule has 5 nitrogen and oxygen atoms in total. The average Bonchev–Trinajstić information content (AvgIpc) is 3.10. The van der Waals surface area contributed by atoms with E-state index >= 15 is 0 Å². The molecule has 8 heteroatoms. The van der Waals surface area contributed by atoms with Crippen LogP contribution in [0.4, 0.5) is 18.0 Å². The number of urea groups is 1.